The van der Waals surface area contributed by atoms with E-state index in [1.807, 2.05) is 23.6 Å². The van der Waals surface area contributed by atoms with Crippen LogP contribution in [0.4, 0.5) is 5.82 Å². The number of aliphatic imine (C=N–C) groups is 2. The lowest BCUT2D eigenvalue weighted by molar-refractivity contribution is -0.119. The van der Waals surface area contributed by atoms with Gasteiger partial charge in [-0.3, -0.25) is 9.59 Å². The first kappa shape index (κ1) is 16.6. The van der Waals surface area contributed by atoms with E-state index in [4.69, 9.17) is 0 Å². The van der Waals surface area contributed by atoms with Crippen molar-refractivity contribution < 1.29 is 9.59 Å². The van der Waals surface area contributed by atoms with Crippen LogP contribution >= 0.6 is 11.3 Å². The highest BCUT2D eigenvalue weighted by Crippen LogP contribution is 2.40. The van der Waals surface area contributed by atoms with E-state index in [-0.39, 0.29) is 23.7 Å². The first-order valence-electron chi connectivity index (χ1n) is 9.30. The quantitative estimate of drug-likeness (QED) is 0.883. The maximum absolute atomic E-state index is 12.5. The summed E-state index contributed by atoms with van der Waals surface area (Å²) >= 11 is 1.55. The van der Waals surface area contributed by atoms with Gasteiger partial charge in [-0.1, -0.05) is 6.07 Å². The lowest BCUT2D eigenvalue weighted by Gasteiger charge is -2.15. The molecule has 2 saturated carbocycles. The molecule has 2 aliphatic carbocycles. The van der Waals surface area contributed by atoms with Crippen molar-refractivity contribution in [1.29, 1.82) is 0 Å². The third-order valence-electron chi connectivity index (χ3n) is 5.18. The zero-order valence-electron chi connectivity index (χ0n) is 14.7. The number of nitrogens with zero attached hydrogens (tertiary/aromatic N) is 4. The maximum atomic E-state index is 12.5. The Morgan fingerprint density at radius 1 is 1.30 bits per heavy atom. The van der Waals surface area contributed by atoms with Crippen molar-refractivity contribution in [3.63, 3.8) is 0 Å². The Kier molecular flexibility index (Phi) is 4.00. The van der Waals surface area contributed by atoms with E-state index in [0.717, 1.165) is 48.4 Å². The van der Waals surface area contributed by atoms with Gasteiger partial charge in [0.1, 0.15) is 5.82 Å². The Labute approximate surface area is 160 Å². The van der Waals surface area contributed by atoms with E-state index in [0.29, 0.717) is 18.2 Å². The average Bonchev–Trinajstić information content (AvgIpc) is 3.04. The predicted molar refractivity (Wildman–Crippen MR) is 103 cm³/mol. The number of thiophene rings is 1. The van der Waals surface area contributed by atoms with Gasteiger partial charge in [-0.05, 0) is 43.6 Å². The normalized spacial score (nSPS) is 21.6. The number of anilines is 1. The molecule has 0 spiro atoms. The SMILES string of the molecule is O=C(Cc1cccs1)Nc1cc(C2CC2)nn1C1=NC(=O)C2CCCC2=N1. The third-order valence-corrected chi connectivity index (χ3v) is 6.05. The minimum atomic E-state index is -0.163. The topological polar surface area (TPSA) is 88.7 Å². The summed E-state index contributed by atoms with van der Waals surface area (Å²) in [4.78, 5) is 34.6. The van der Waals surface area contributed by atoms with Crippen LogP contribution in [0.1, 0.15) is 48.6 Å². The van der Waals surface area contributed by atoms with Crippen LogP contribution in [-0.2, 0) is 16.0 Å². The van der Waals surface area contributed by atoms with Crippen LogP contribution < -0.4 is 5.32 Å². The molecule has 1 aliphatic heterocycles. The summed E-state index contributed by atoms with van der Waals surface area (Å²) in [6, 6.07) is 5.75. The van der Waals surface area contributed by atoms with Gasteiger partial charge in [-0.25, -0.2) is 4.99 Å². The van der Waals surface area contributed by atoms with E-state index in [1.165, 1.54) is 4.68 Å². The number of amides is 2. The van der Waals surface area contributed by atoms with E-state index < -0.39 is 0 Å². The largest absolute Gasteiger partial charge is 0.310 e. The van der Waals surface area contributed by atoms with Crippen LogP contribution in [0, 0.1) is 5.92 Å². The molecule has 0 aromatic carbocycles. The minimum absolute atomic E-state index is 0.116. The minimum Gasteiger partial charge on any atom is -0.310 e. The average molecular weight is 381 g/mol. The van der Waals surface area contributed by atoms with Crippen LogP contribution in [0.5, 0.6) is 0 Å². The van der Waals surface area contributed by atoms with Crippen molar-refractivity contribution in [2.24, 2.45) is 15.9 Å². The molecule has 2 fully saturated rings. The Balaban J connectivity index is 1.45. The van der Waals surface area contributed by atoms with Gasteiger partial charge >= 0.3 is 0 Å². The van der Waals surface area contributed by atoms with Gasteiger partial charge in [-0.2, -0.15) is 14.8 Å². The zero-order chi connectivity index (χ0) is 18.4. The number of carbonyl (C=O) groups excluding carboxylic acids is 2. The molecule has 2 aromatic rings. The molecule has 1 unspecified atom stereocenters. The summed E-state index contributed by atoms with van der Waals surface area (Å²) in [6.45, 7) is 0. The molecule has 1 N–H and O–H groups in total. The molecule has 0 radical (unpaired) electrons. The van der Waals surface area contributed by atoms with Gasteiger partial charge < -0.3 is 5.32 Å². The van der Waals surface area contributed by atoms with Crippen molar-refractivity contribution in [3.05, 3.63) is 34.2 Å². The second-order valence-corrected chi connectivity index (χ2v) is 8.28. The maximum Gasteiger partial charge on any atom is 0.257 e. The van der Waals surface area contributed by atoms with E-state index in [9.17, 15) is 9.59 Å². The van der Waals surface area contributed by atoms with Gasteiger partial charge in [-0.15, -0.1) is 11.3 Å². The van der Waals surface area contributed by atoms with Crippen molar-refractivity contribution in [1.82, 2.24) is 9.78 Å². The number of aromatic nitrogens is 2. The molecular formula is C19H19N5O2S. The molecule has 5 rings (SSSR count). The number of hydrogen-bond acceptors (Lipinski definition) is 5. The second-order valence-electron chi connectivity index (χ2n) is 7.24. The fourth-order valence-corrected chi connectivity index (χ4v) is 4.33. The van der Waals surface area contributed by atoms with Gasteiger partial charge in [0, 0.05) is 22.6 Å². The van der Waals surface area contributed by atoms with Crippen LogP contribution in [0.25, 0.3) is 0 Å². The summed E-state index contributed by atoms with van der Waals surface area (Å²) < 4.78 is 1.53. The van der Waals surface area contributed by atoms with Gasteiger partial charge in [0.2, 0.25) is 5.91 Å². The third kappa shape index (κ3) is 3.25. The number of fused-ring (bicyclic) bond motifs is 1. The van der Waals surface area contributed by atoms with Crippen molar-refractivity contribution in [2.75, 3.05) is 5.32 Å². The molecule has 138 valence electrons. The molecule has 8 heteroatoms. The lowest BCUT2D eigenvalue weighted by atomic mass is 10.1. The summed E-state index contributed by atoms with van der Waals surface area (Å²) in [6.07, 6.45) is 5.12. The number of nitrogens with one attached hydrogen (secondary N) is 1. The highest BCUT2D eigenvalue weighted by Gasteiger charge is 2.34. The van der Waals surface area contributed by atoms with E-state index in [1.54, 1.807) is 11.3 Å². The first-order chi connectivity index (χ1) is 13.2. The molecule has 2 aromatic heterocycles. The Bertz CT molecular complexity index is 968. The second kappa shape index (κ2) is 6.53. The van der Waals surface area contributed by atoms with Crippen LogP contribution in [0.2, 0.25) is 0 Å². The number of rotatable bonds is 4. The van der Waals surface area contributed by atoms with Crippen molar-refractivity contribution in [2.45, 2.75) is 44.4 Å². The van der Waals surface area contributed by atoms with E-state index >= 15 is 0 Å². The molecule has 0 bridgehead atoms. The smallest absolute Gasteiger partial charge is 0.257 e. The molecule has 1 atom stereocenters. The Hall–Kier alpha value is -2.61. The molecule has 3 aliphatic rings. The monoisotopic (exact) mass is 381 g/mol. The lowest BCUT2D eigenvalue weighted by Crippen LogP contribution is -2.29. The highest BCUT2D eigenvalue weighted by molar-refractivity contribution is 7.10. The summed E-state index contributed by atoms with van der Waals surface area (Å²) in [5.41, 5.74) is 1.81. The fraction of sp³-hybridized carbons (Fsp3) is 0.421. The standard InChI is InChI=1S/C19H19N5O2S/c25-17(9-12-3-2-8-27-12)21-16-10-15(11-6-7-11)23-24(16)19-20-14-5-1-4-13(14)18(26)22-19/h2-3,8,10-11,13H,1,4-7,9H2,(H,21,25). The summed E-state index contributed by atoms with van der Waals surface area (Å²) in [7, 11) is 0. The summed E-state index contributed by atoms with van der Waals surface area (Å²) in [5, 5.41) is 9.49. The summed E-state index contributed by atoms with van der Waals surface area (Å²) in [5.74, 6) is 0.800. The molecule has 3 heterocycles. The van der Waals surface area contributed by atoms with Crippen LogP contribution in [0.3, 0.4) is 0 Å². The number of carbonyl (C=O) groups is 2. The van der Waals surface area contributed by atoms with Crippen molar-refractivity contribution >= 4 is 40.6 Å². The van der Waals surface area contributed by atoms with Gasteiger partial charge in [0.05, 0.1) is 18.0 Å². The Morgan fingerprint density at radius 2 is 2.19 bits per heavy atom. The van der Waals surface area contributed by atoms with Crippen LogP contribution in [0.15, 0.2) is 33.6 Å². The predicted octanol–water partition coefficient (Wildman–Crippen LogP) is 2.99. The molecule has 0 saturated heterocycles. The fourth-order valence-electron chi connectivity index (χ4n) is 3.63. The van der Waals surface area contributed by atoms with Gasteiger partial charge in [0.25, 0.3) is 11.9 Å². The zero-order valence-corrected chi connectivity index (χ0v) is 15.5. The highest BCUT2D eigenvalue weighted by atomic mass is 32.1. The van der Waals surface area contributed by atoms with E-state index in [2.05, 4.69) is 20.4 Å². The Morgan fingerprint density at radius 3 is 2.96 bits per heavy atom. The van der Waals surface area contributed by atoms with Crippen LogP contribution in [-0.4, -0.2) is 33.3 Å². The molecule has 2 amide bonds. The van der Waals surface area contributed by atoms with Gasteiger partial charge in [0.15, 0.2) is 0 Å². The molecule has 27 heavy (non-hydrogen) atoms. The molecule has 7 nitrogen and oxygen atoms in total. The molecular weight excluding hydrogens is 362 g/mol. The first-order valence-corrected chi connectivity index (χ1v) is 10.2. The number of hydrogen-bond donors (Lipinski definition) is 1. The van der Waals surface area contributed by atoms with Crippen molar-refractivity contribution in [3.8, 4) is 0 Å².